The highest BCUT2D eigenvalue weighted by molar-refractivity contribution is 5.83. The average molecular weight is 299 g/mol. The zero-order chi connectivity index (χ0) is 15.8. The SMILES string of the molecule is CCCCCCCCCCCCCCCC(=O)[C@H](N)CO. The number of carbonyl (C=O) groups excluding carboxylic acids is 1. The Balaban J connectivity index is 3.11. The first-order valence-corrected chi connectivity index (χ1v) is 9.11. The normalized spacial score (nSPS) is 12.5. The molecule has 0 rings (SSSR count). The van der Waals surface area contributed by atoms with Crippen molar-refractivity contribution in [2.45, 2.75) is 103 Å². The number of unbranched alkanes of at least 4 members (excludes halogenated alkanes) is 12. The van der Waals surface area contributed by atoms with Crippen molar-refractivity contribution >= 4 is 5.78 Å². The molecule has 1 atom stereocenters. The van der Waals surface area contributed by atoms with Crippen molar-refractivity contribution in [3.63, 3.8) is 0 Å². The number of aliphatic hydroxyl groups excluding tert-OH is 1. The van der Waals surface area contributed by atoms with Gasteiger partial charge in [-0.15, -0.1) is 0 Å². The summed E-state index contributed by atoms with van der Waals surface area (Å²) in [6.07, 6.45) is 17.5. The van der Waals surface area contributed by atoms with Gasteiger partial charge in [0.2, 0.25) is 0 Å². The third-order valence-corrected chi connectivity index (χ3v) is 4.14. The van der Waals surface area contributed by atoms with E-state index in [-0.39, 0.29) is 12.4 Å². The van der Waals surface area contributed by atoms with Gasteiger partial charge < -0.3 is 10.8 Å². The van der Waals surface area contributed by atoms with Crippen LogP contribution in [0.1, 0.15) is 96.8 Å². The van der Waals surface area contributed by atoms with Crippen LogP contribution >= 0.6 is 0 Å². The molecule has 0 bridgehead atoms. The minimum atomic E-state index is -0.665. The standard InChI is InChI=1S/C18H37NO2/c1-2-3-4-5-6-7-8-9-10-11-12-13-14-15-18(21)17(19)16-20/h17,20H,2-16,19H2,1H3/t17-/m1/s1. The van der Waals surface area contributed by atoms with E-state index in [4.69, 9.17) is 10.8 Å². The van der Waals surface area contributed by atoms with Crippen LogP contribution in [0.4, 0.5) is 0 Å². The maximum absolute atomic E-state index is 11.4. The van der Waals surface area contributed by atoms with Crippen molar-refractivity contribution in [1.29, 1.82) is 0 Å². The summed E-state index contributed by atoms with van der Waals surface area (Å²) in [7, 11) is 0. The molecule has 0 unspecified atom stereocenters. The lowest BCUT2D eigenvalue weighted by atomic mass is 10.0. The van der Waals surface area contributed by atoms with Gasteiger partial charge in [0, 0.05) is 6.42 Å². The number of aliphatic hydroxyl groups is 1. The van der Waals surface area contributed by atoms with Gasteiger partial charge in [0.1, 0.15) is 0 Å². The lowest BCUT2D eigenvalue weighted by Crippen LogP contribution is -2.33. The van der Waals surface area contributed by atoms with Crippen LogP contribution in [0, 0.1) is 0 Å². The fourth-order valence-electron chi connectivity index (χ4n) is 2.60. The lowest BCUT2D eigenvalue weighted by molar-refractivity contribution is -0.121. The first kappa shape index (κ1) is 20.6. The quantitative estimate of drug-likeness (QED) is 0.416. The number of rotatable bonds is 16. The van der Waals surface area contributed by atoms with Crippen molar-refractivity contribution in [3.8, 4) is 0 Å². The lowest BCUT2D eigenvalue weighted by Gasteiger charge is -2.06. The van der Waals surface area contributed by atoms with E-state index in [1.54, 1.807) is 0 Å². The second-order valence-corrected chi connectivity index (χ2v) is 6.25. The maximum atomic E-state index is 11.4. The van der Waals surface area contributed by atoms with Crippen molar-refractivity contribution < 1.29 is 9.90 Å². The third-order valence-electron chi connectivity index (χ3n) is 4.14. The second-order valence-electron chi connectivity index (χ2n) is 6.25. The van der Waals surface area contributed by atoms with Crippen LogP contribution in [0.3, 0.4) is 0 Å². The van der Waals surface area contributed by atoms with Crippen LogP contribution in [0.2, 0.25) is 0 Å². The Kier molecular flexibility index (Phi) is 15.7. The summed E-state index contributed by atoms with van der Waals surface area (Å²) >= 11 is 0. The summed E-state index contributed by atoms with van der Waals surface area (Å²) in [4.78, 5) is 11.4. The molecule has 3 heteroatoms. The van der Waals surface area contributed by atoms with Crippen LogP contribution in [0.15, 0.2) is 0 Å². The molecule has 0 aromatic heterocycles. The fourth-order valence-corrected chi connectivity index (χ4v) is 2.60. The highest BCUT2D eigenvalue weighted by atomic mass is 16.3. The number of carbonyl (C=O) groups is 1. The predicted octanol–water partition coefficient (Wildman–Crippen LogP) is 4.36. The van der Waals surface area contributed by atoms with Crippen molar-refractivity contribution in [2.24, 2.45) is 5.73 Å². The Labute approximate surface area is 131 Å². The molecule has 0 aliphatic rings. The third kappa shape index (κ3) is 14.3. The number of Topliss-reactive ketones (excluding diaryl/α,β-unsaturated/α-hetero) is 1. The summed E-state index contributed by atoms with van der Waals surface area (Å²) in [5.74, 6) is 0.000531. The summed E-state index contributed by atoms with van der Waals surface area (Å²) in [5, 5.41) is 8.76. The summed E-state index contributed by atoms with van der Waals surface area (Å²) in [6.45, 7) is 2.04. The molecule has 0 saturated heterocycles. The largest absolute Gasteiger partial charge is 0.394 e. The molecular weight excluding hydrogens is 262 g/mol. The zero-order valence-electron chi connectivity index (χ0n) is 14.1. The minimum Gasteiger partial charge on any atom is -0.394 e. The maximum Gasteiger partial charge on any atom is 0.151 e. The van der Waals surface area contributed by atoms with Gasteiger partial charge in [-0.2, -0.15) is 0 Å². The van der Waals surface area contributed by atoms with Gasteiger partial charge in [-0.05, 0) is 6.42 Å². The Hall–Kier alpha value is -0.410. The summed E-state index contributed by atoms with van der Waals surface area (Å²) in [6, 6.07) is -0.665. The number of ketones is 1. The predicted molar refractivity (Wildman–Crippen MR) is 90.4 cm³/mol. The minimum absolute atomic E-state index is 0.000531. The Morgan fingerprint density at radius 2 is 1.19 bits per heavy atom. The highest BCUT2D eigenvalue weighted by Crippen LogP contribution is 2.13. The molecule has 0 radical (unpaired) electrons. The molecule has 0 aliphatic heterocycles. The van der Waals surface area contributed by atoms with Crippen LogP contribution in [-0.2, 0) is 4.79 Å². The average Bonchev–Trinajstić information content (AvgIpc) is 2.50. The smallest absolute Gasteiger partial charge is 0.151 e. The van der Waals surface area contributed by atoms with Crippen LogP contribution in [-0.4, -0.2) is 23.5 Å². The van der Waals surface area contributed by atoms with Gasteiger partial charge in [0.25, 0.3) is 0 Å². The molecule has 0 fully saturated rings. The molecular formula is C18H37NO2. The first-order valence-electron chi connectivity index (χ1n) is 9.11. The highest BCUT2D eigenvalue weighted by Gasteiger charge is 2.10. The van der Waals surface area contributed by atoms with Crippen molar-refractivity contribution in [2.75, 3.05) is 6.61 Å². The molecule has 21 heavy (non-hydrogen) atoms. The fraction of sp³-hybridized carbons (Fsp3) is 0.944. The molecule has 0 spiro atoms. The van der Waals surface area contributed by atoms with E-state index in [2.05, 4.69) is 6.92 Å². The molecule has 0 heterocycles. The van der Waals surface area contributed by atoms with Crippen LogP contribution < -0.4 is 5.73 Å². The molecule has 0 aliphatic carbocycles. The molecule has 3 nitrogen and oxygen atoms in total. The van der Waals surface area contributed by atoms with E-state index in [0.29, 0.717) is 6.42 Å². The van der Waals surface area contributed by atoms with Gasteiger partial charge in [-0.3, -0.25) is 4.79 Å². The molecule has 126 valence electrons. The van der Waals surface area contributed by atoms with E-state index in [0.717, 1.165) is 12.8 Å². The van der Waals surface area contributed by atoms with E-state index in [1.807, 2.05) is 0 Å². The monoisotopic (exact) mass is 299 g/mol. The number of nitrogens with two attached hydrogens (primary N) is 1. The molecule has 3 N–H and O–H groups in total. The van der Waals surface area contributed by atoms with Crippen molar-refractivity contribution in [3.05, 3.63) is 0 Å². The molecule has 0 saturated carbocycles. The number of hydrogen-bond acceptors (Lipinski definition) is 3. The molecule has 0 amide bonds. The first-order chi connectivity index (χ1) is 10.2. The van der Waals surface area contributed by atoms with E-state index >= 15 is 0 Å². The van der Waals surface area contributed by atoms with Gasteiger partial charge >= 0.3 is 0 Å². The van der Waals surface area contributed by atoms with Gasteiger partial charge in [-0.1, -0.05) is 84.0 Å². The molecule has 0 aromatic carbocycles. The summed E-state index contributed by atoms with van der Waals surface area (Å²) < 4.78 is 0. The van der Waals surface area contributed by atoms with E-state index in [1.165, 1.54) is 70.6 Å². The van der Waals surface area contributed by atoms with E-state index in [9.17, 15) is 4.79 Å². The van der Waals surface area contributed by atoms with Gasteiger partial charge in [-0.25, -0.2) is 0 Å². The Morgan fingerprint density at radius 3 is 1.57 bits per heavy atom. The van der Waals surface area contributed by atoms with Gasteiger partial charge in [0.15, 0.2) is 5.78 Å². The number of hydrogen-bond donors (Lipinski definition) is 2. The second kappa shape index (κ2) is 16.0. The zero-order valence-corrected chi connectivity index (χ0v) is 14.1. The molecule has 0 aromatic rings. The van der Waals surface area contributed by atoms with Crippen LogP contribution in [0.25, 0.3) is 0 Å². The van der Waals surface area contributed by atoms with E-state index < -0.39 is 6.04 Å². The van der Waals surface area contributed by atoms with Crippen molar-refractivity contribution in [1.82, 2.24) is 0 Å². The topological polar surface area (TPSA) is 63.3 Å². The summed E-state index contributed by atoms with van der Waals surface area (Å²) in [5.41, 5.74) is 5.46. The Morgan fingerprint density at radius 1 is 0.810 bits per heavy atom. The van der Waals surface area contributed by atoms with Gasteiger partial charge in [0.05, 0.1) is 12.6 Å². The Bertz CT molecular complexity index is 231. The van der Waals surface area contributed by atoms with Crippen LogP contribution in [0.5, 0.6) is 0 Å².